The normalized spacial score (nSPS) is 13.7. The summed E-state index contributed by atoms with van der Waals surface area (Å²) in [5, 5.41) is 0.906. The lowest BCUT2D eigenvalue weighted by Gasteiger charge is -2.34. The lowest BCUT2D eigenvalue weighted by atomic mass is 10.1. The van der Waals surface area contributed by atoms with E-state index in [0.717, 1.165) is 32.6 Å². The summed E-state index contributed by atoms with van der Waals surface area (Å²) in [6.07, 6.45) is 0. The fraction of sp³-hybridized carbons (Fsp3) is 0.231. The predicted octanol–water partition coefficient (Wildman–Crippen LogP) is 5.07. The van der Waals surface area contributed by atoms with E-state index < -0.39 is 0 Å². The molecule has 1 aromatic heterocycles. The van der Waals surface area contributed by atoms with E-state index in [9.17, 15) is 4.79 Å². The Morgan fingerprint density at radius 3 is 2.29 bits per heavy atom. The number of para-hydroxylation sites is 1. The number of benzene rings is 3. The van der Waals surface area contributed by atoms with E-state index in [2.05, 4.69) is 4.90 Å². The van der Waals surface area contributed by atoms with Crippen molar-refractivity contribution in [1.82, 2.24) is 9.88 Å². The number of nitrogens with zero attached hydrogens (tertiary/aromatic N) is 3. The largest absolute Gasteiger partial charge is 0.495 e. The van der Waals surface area contributed by atoms with E-state index in [4.69, 9.17) is 19.2 Å². The molecule has 0 saturated carbocycles. The van der Waals surface area contributed by atoms with E-state index >= 15 is 0 Å². The van der Waals surface area contributed by atoms with Crippen molar-refractivity contribution in [1.29, 1.82) is 0 Å². The molecule has 1 saturated heterocycles. The molecule has 3 aromatic carbocycles. The lowest BCUT2D eigenvalue weighted by molar-refractivity contribution is 0.0746. The summed E-state index contributed by atoms with van der Waals surface area (Å²) in [5.74, 6) is 2.90. The van der Waals surface area contributed by atoms with E-state index in [1.807, 2.05) is 65.6 Å². The molecule has 1 aliphatic heterocycles. The first-order valence-corrected chi connectivity index (χ1v) is 11.9. The van der Waals surface area contributed by atoms with Gasteiger partial charge < -0.3 is 24.0 Å². The van der Waals surface area contributed by atoms with Crippen LogP contribution in [0, 0.1) is 0 Å². The van der Waals surface area contributed by atoms with Crippen molar-refractivity contribution in [3.63, 3.8) is 0 Å². The first kappa shape index (κ1) is 22.0. The summed E-state index contributed by atoms with van der Waals surface area (Å²) >= 11 is 1.58. The molecule has 8 heteroatoms. The number of aromatic nitrogens is 1. The first-order chi connectivity index (χ1) is 16.7. The number of piperazine rings is 1. The summed E-state index contributed by atoms with van der Waals surface area (Å²) in [7, 11) is 3.30. The van der Waals surface area contributed by atoms with Gasteiger partial charge in [-0.15, -0.1) is 0 Å². The van der Waals surface area contributed by atoms with Crippen LogP contribution in [0.3, 0.4) is 0 Å². The maximum absolute atomic E-state index is 13.2. The number of thiazole rings is 1. The first-order valence-electron chi connectivity index (χ1n) is 11.0. The summed E-state index contributed by atoms with van der Waals surface area (Å²) < 4.78 is 17.8. The number of ether oxygens (including phenoxy) is 3. The smallest absolute Gasteiger partial charge is 0.254 e. The zero-order valence-electron chi connectivity index (χ0n) is 19.1. The predicted molar refractivity (Wildman–Crippen MR) is 134 cm³/mol. The summed E-state index contributed by atoms with van der Waals surface area (Å²) in [6.45, 7) is 2.65. The molecule has 7 nitrogen and oxygen atoms in total. The number of hydrogen-bond acceptors (Lipinski definition) is 7. The molecule has 0 unspecified atom stereocenters. The number of carbonyl (C=O) groups excluding carboxylic acids is 1. The van der Waals surface area contributed by atoms with Crippen molar-refractivity contribution in [2.45, 2.75) is 0 Å². The molecule has 0 N–H and O–H groups in total. The second-order valence-electron chi connectivity index (χ2n) is 7.87. The highest BCUT2D eigenvalue weighted by atomic mass is 32.1. The highest BCUT2D eigenvalue weighted by molar-refractivity contribution is 7.22. The number of anilines is 1. The SMILES string of the molecule is COc1ccc(OC)c2sc(N3CCN(C(=O)c4cccc(Oc5ccccc5)c4)CC3)nc12. The fourth-order valence-electron chi connectivity index (χ4n) is 4.01. The monoisotopic (exact) mass is 475 g/mol. The van der Waals surface area contributed by atoms with Crippen LogP contribution in [0.2, 0.25) is 0 Å². The van der Waals surface area contributed by atoms with E-state index in [-0.39, 0.29) is 5.91 Å². The van der Waals surface area contributed by atoms with Crippen molar-refractivity contribution in [3.05, 3.63) is 72.3 Å². The number of hydrogen-bond donors (Lipinski definition) is 0. The van der Waals surface area contributed by atoms with E-state index in [1.54, 1.807) is 31.6 Å². The van der Waals surface area contributed by atoms with Crippen molar-refractivity contribution < 1.29 is 19.0 Å². The minimum absolute atomic E-state index is 0.00537. The van der Waals surface area contributed by atoms with Gasteiger partial charge in [0.25, 0.3) is 5.91 Å². The minimum atomic E-state index is 0.00537. The second-order valence-corrected chi connectivity index (χ2v) is 8.84. The zero-order valence-corrected chi connectivity index (χ0v) is 19.9. The Hall–Kier alpha value is -3.78. The average Bonchev–Trinajstić information content (AvgIpc) is 3.34. The summed E-state index contributed by atoms with van der Waals surface area (Å²) in [6, 6.07) is 20.7. The second kappa shape index (κ2) is 9.61. The third-order valence-electron chi connectivity index (χ3n) is 5.80. The van der Waals surface area contributed by atoms with E-state index in [0.29, 0.717) is 37.5 Å². The van der Waals surface area contributed by atoms with Crippen LogP contribution in [0.4, 0.5) is 5.13 Å². The van der Waals surface area contributed by atoms with Crippen molar-refractivity contribution in [2.24, 2.45) is 0 Å². The van der Waals surface area contributed by atoms with Gasteiger partial charge in [0.05, 0.1) is 14.2 Å². The van der Waals surface area contributed by atoms with Crippen molar-refractivity contribution in [2.75, 3.05) is 45.3 Å². The van der Waals surface area contributed by atoms with Gasteiger partial charge in [-0.3, -0.25) is 4.79 Å². The molecule has 5 rings (SSSR count). The van der Waals surface area contributed by atoms with Crippen LogP contribution in [0.15, 0.2) is 66.7 Å². The Balaban J connectivity index is 1.27. The molecule has 1 aliphatic rings. The third kappa shape index (κ3) is 4.36. The Morgan fingerprint density at radius 1 is 0.853 bits per heavy atom. The number of carbonyl (C=O) groups is 1. The van der Waals surface area contributed by atoms with Crippen LogP contribution in [0.1, 0.15) is 10.4 Å². The van der Waals surface area contributed by atoms with Gasteiger partial charge in [-0.2, -0.15) is 0 Å². The standard InChI is InChI=1S/C26H25N3O4S/c1-31-21-11-12-22(32-2)24-23(21)27-26(34-24)29-15-13-28(14-16-29)25(30)18-7-6-10-20(17-18)33-19-8-4-3-5-9-19/h3-12,17H,13-16H2,1-2H3. The van der Waals surface area contributed by atoms with E-state index in [1.165, 1.54) is 0 Å². The highest BCUT2D eigenvalue weighted by Gasteiger charge is 2.25. The molecule has 0 aliphatic carbocycles. The van der Waals surface area contributed by atoms with Crippen LogP contribution < -0.4 is 19.1 Å². The quantitative estimate of drug-likeness (QED) is 0.388. The maximum atomic E-state index is 13.2. The number of fused-ring (bicyclic) bond motifs is 1. The molecule has 0 atom stereocenters. The maximum Gasteiger partial charge on any atom is 0.254 e. The molecule has 1 fully saturated rings. The minimum Gasteiger partial charge on any atom is -0.495 e. The molecule has 34 heavy (non-hydrogen) atoms. The van der Waals surface area contributed by atoms with Crippen LogP contribution in [0.5, 0.6) is 23.0 Å². The van der Waals surface area contributed by atoms with Gasteiger partial charge in [-0.05, 0) is 42.5 Å². The topological polar surface area (TPSA) is 64.1 Å². The van der Waals surface area contributed by atoms with Gasteiger partial charge in [0.2, 0.25) is 0 Å². The van der Waals surface area contributed by atoms with Gasteiger partial charge in [-0.1, -0.05) is 35.6 Å². The molecule has 0 radical (unpaired) electrons. The van der Waals surface area contributed by atoms with Crippen LogP contribution in [-0.4, -0.2) is 56.2 Å². The molecule has 2 heterocycles. The average molecular weight is 476 g/mol. The van der Waals surface area contributed by atoms with Gasteiger partial charge in [-0.25, -0.2) is 4.98 Å². The van der Waals surface area contributed by atoms with Gasteiger partial charge >= 0.3 is 0 Å². The summed E-state index contributed by atoms with van der Waals surface area (Å²) in [5.41, 5.74) is 1.42. The van der Waals surface area contributed by atoms with Gasteiger partial charge in [0.15, 0.2) is 5.13 Å². The molecular weight excluding hydrogens is 450 g/mol. The number of rotatable bonds is 6. The van der Waals surface area contributed by atoms with Crippen LogP contribution >= 0.6 is 11.3 Å². The Kier molecular flexibility index (Phi) is 6.22. The molecule has 1 amide bonds. The lowest BCUT2D eigenvalue weighted by Crippen LogP contribution is -2.48. The van der Waals surface area contributed by atoms with Crippen molar-refractivity contribution >= 4 is 32.6 Å². The number of amides is 1. The Bertz CT molecular complexity index is 1260. The molecule has 4 aromatic rings. The fourth-order valence-corrected chi connectivity index (χ4v) is 5.14. The van der Waals surface area contributed by atoms with Crippen LogP contribution in [-0.2, 0) is 0 Å². The third-order valence-corrected chi connectivity index (χ3v) is 6.93. The van der Waals surface area contributed by atoms with Crippen LogP contribution in [0.25, 0.3) is 10.2 Å². The highest BCUT2D eigenvalue weighted by Crippen LogP contribution is 2.40. The zero-order chi connectivity index (χ0) is 23.5. The van der Waals surface area contributed by atoms with Gasteiger partial charge in [0.1, 0.15) is 33.2 Å². The number of methoxy groups -OCH3 is 2. The Morgan fingerprint density at radius 2 is 1.56 bits per heavy atom. The molecule has 174 valence electrons. The van der Waals surface area contributed by atoms with Gasteiger partial charge in [0, 0.05) is 31.7 Å². The molecule has 0 bridgehead atoms. The van der Waals surface area contributed by atoms with Crippen molar-refractivity contribution in [3.8, 4) is 23.0 Å². The molecular formula is C26H25N3O4S. The molecule has 0 spiro atoms. The summed E-state index contributed by atoms with van der Waals surface area (Å²) in [4.78, 5) is 22.1. The Labute approximate surface area is 202 Å².